The highest BCUT2D eigenvalue weighted by Gasteiger charge is 2.28. The molecular weight excluding hydrogens is 365 g/mol. The predicted octanol–water partition coefficient (Wildman–Crippen LogP) is 3.82. The smallest absolute Gasteiger partial charge is 0.375 e. The average molecular weight is 377 g/mol. The van der Waals surface area contributed by atoms with Crippen molar-refractivity contribution >= 4 is 33.5 Å². The molecule has 0 atom stereocenters. The predicted molar refractivity (Wildman–Crippen MR) is 79.7 cm³/mol. The molecule has 2 aromatic rings. The van der Waals surface area contributed by atoms with Crippen LogP contribution in [0.1, 0.15) is 37.2 Å². The van der Waals surface area contributed by atoms with Crippen molar-refractivity contribution in [1.82, 2.24) is 14.8 Å². The van der Waals surface area contributed by atoms with E-state index in [1.165, 1.54) is 10.7 Å². The van der Waals surface area contributed by atoms with Gasteiger partial charge in [0.1, 0.15) is 11.6 Å². The zero-order chi connectivity index (χ0) is 15.9. The molecule has 5 nitrogen and oxygen atoms in total. The van der Waals surface area contributed by atoms with Gasteiger partial charge >= 0.3 is 5.97 Å². The average Bonchev–Trinajstić information content (AvgIpc) is 2.71. The molecular formula is C13H12BrClFN3O2. The summed E-state index contributed by atoms with van der Waals surface area (Å²) in [4.78, 5) is 15.1. The molecule has 112 valence electrons. The molecule has 1 aromatic carbocycles. The van der Waals surface area contributed by atoms with Gasteiger partial charge in [0, 0.05) is 9.89 Å². The van der Waals surface area contributed by atoms with Gasteiger partial charge in [0.15, 0.2) is 0 Å². The first kappa shape index (κ1) is 15.9. The van der Waals surface area contributed by atoms with E-state index in [1.807, 2.05) is 20.8 Å². The second-order valence-electron chi connectivity index (χ2n) is 5.44. The highest BCUT2D eigenvalue weighted by atomic mass is 79.9. The lowest BCUT2D eigenvalue weighted by atomic mass is 9.95. The molecule has 1 aromatic heterocycles. The van der Waals surface area contributed by atoms with Gasteiger partial charge in [-0.25, -0.2) is 18.9 Å². The largest absolute Gasteiger partial charge is 0.475 e. The Balaban J connectivity index is 2.77. The minimum absolute atomic E-state index is 0.106. The Hall–Kier alpha value is -1.47. The number of halogens is 3. The van der Waals surface area contributed by atoms with Crippen LogP contribution in [0.3, 0.4) is 0 Å². The van der Waals surface area contributed by atoms with Crippen molar-refractivity contribution in [2.75, 3.05) is 0 Å². The second kappa shape index (κ2) is 5.38. The van der Waals surface area contributed by atoms with Gasteiger partial charge in [-0.05, 0) is 28.1 Å². The van der Waals surface area contributed by atoms with E-state index in [1.54, 1.807) is 0 Å². The first-order chi connectivity index (χ1) is 9.61. The minimum atomic E-state index is -1.24. The molecule has 1 N–H and O–H groups in total. The Bertz CT molecular complexity index is 702. The van der Waals surface area contributed by atoms with E-state index in [9.17, 15) is 9.18 Å². The standard InChI is InChI=1S/C13H12BrClFN3O2/c1-13(2,3)12-17-10(11(20)21)18-19(12)9-7(14)4-6(16)5-8(9)15/h4-5H,1-3H3,(H,20,21). The van der Waals surface area contributed by atoms with Crippen molar-refractivity contribution in [3.63, 3.8) is 0 Å². The number of aromatic carboxylic acids is 1. The third kappa shape index (κ3) is 3.08. The van der Waals surface area contributed by atoms with Crippen molar-refractivity contribution in [3.8, 4) is 5.69 Å². The van der Waals surface area contributed by atoms with E-state index in [2.05, 4.69) is 26.0 Å². The molecule has 1 heterocycles. The topological polar surface area (TPSA) is 68.0 Å². The first-order valence-corrected chi connectivity index (χ1v) is 7.14. The van der Waals surface area contributed by atoms with Gasteiger partial charge in [-0.1, -0.05) is 32.4 Å². The van der Waals surface area contributed by atoms with E-state index in [0.29, 0.717) is 16.0 Å². The van der Waals surface area contributed by atoms with Gasteiger partial charge in [-0.15, -0.1) is 5.10 Å². The van der Waals surface area contributed by atoms with Crippen LogP contribution in [0.2, 0.25) is 5.02 Å². The van der Waals surface area contributed by atoms with Gasteiger partial charge in [0.05, 0.1) is 10.7 Å². The maximum absolute atomic E-state index is 13.3. The normalized spacial score (nSPS) is 11.7. The summed E-state index contributed by atoms with van der Waals surface area (Å²) in [5.41, 5.74) is -0.124. The third-order valence-corrected chi connectivity index (χ3v) is 3.56. The van der Waals surface area contributed by atoms with Gasteiger partial charge in [0.25, 0.3) is 5.82 Å². The van der Waals surface area contributed by atoms with Crippen LogP contribution in [0, 0.1) is 5.82 Å². The Morgan fingerprint density at radius 3 is 2.52 bits per heavy atom. The number of nitrogens with zero attached hydrogens (tertiary/aromatic N) is 3. The van der Waals surface area contributed by atoms with Crippen LogP contribution in [0.4, 0.5) is 4.39 Å². The molecule has 0 unspecified atom stereocenters. The highest BCUT2D eigenvalue weighted by Crippen LogP contribution is 2.33. The van der Waals surface area contributed by atoms with Gasteiger partial charge in [-0.2, -0.15) is 0 Å². The number of benzene rings is 1. The Kier molecular flexibility index (Phi) is 4.08. The minimum Gasteiger partial charge on any atom is -0.475 e. The molecule has 0 amide bonds. The zero-order valence-electron chi connectivity index (χ0n) is 11.5. The fourth-order valence-electron chi connectivity index (χ4n) is 1.78. The summed E-state index contributed by atoms with van der Waals surface area (Å²) in [6.45, 7) is 5.60. The van der Waals surface area contributed by atoms with Gasteiger partial charge in [0.2, 0.25) is 0 Å². The summed E-state index contributed by atoms with van der Waals surface area (Å²) < 4.78 is 15.0. The lowest BCUT2D eigenvalue weighted by Gasteiger charge is -2.19. The van der Waals surface area contributed by atoms with Gasteiger partial charge in [-0.3, -0.25) is 0 Å². The second-order valence-corrected chi connectivity index (χ2v) is 6.71. The summed E-state index contributed by atoms with van der Waals surface area (Å²) in [7, 11) is 0. The Labute approximate surface area is 133 Å². The van der Waals surface area contributed by atoms with Crippen molar-refractivity contribution in [1.29, 1.82) is 0 Å². The fourth-order valence-corrected chi connectivity index (χ4v) is 2.78. The third-order valence-electron chi connectivity index (χ3n) is 2.66. The van der Waals surface area contributed by atoms with Crippen molar-refractivity contribution in [3.05, 3.63) is 39.1 Å². The summed E-state index contributed by atoms with van der Waals surface area (Å²) in [6.07, 6.45) is 0. The van der Waals surface area contributed by atoms with E-state index in [0.717, 1.165) is 6.07 Å². The Morgan fingerprint density at radius 2 is 2.05 bits per heavy atom. The van der Waals surface area contributed by atoms with Crippen LogP contribution in [0.15, 0.2) is 16.6 Å². The maximum atomic E-state index is 13.3. The van der Waals surface area contributed by atoms with Crippen LogP contribution in [-0.4, -0.2) is 25.8 Å². The molecule has 2 rings (SSSR count). The van der Waals surface area contributed by atoms with Crippen LogP contribution in [0.5, 0.6) is 0 Å². The molecule has 0 aliphatic rings. The number of carboxylic acids is 1. The summed E-state index contributed by atoms with van der Waals surface area (Å²) in [5, 5.41) is 13.1. The SMILES string of the molecule is CC(C)(C)c1nc(C(=O)O)nn1-c1c(Cl)cc(F)cc1Br. The lowest BCUT2D eigenvalue weighted by molar-refractivity contribution is 0.0683. The van der Waals surface area contributed by atoms with E-state index >= 15 is 0 Å². The zero-order valence-corrected chi connectivity index (χ0v) is 13.8. The molecule has 0 spiro atoms. The first-order valence-electron chi connectivity index (χ1n) is 5.97. The molecule has 0 aliphatic heterocycles. The molecule has 21 heavy (non-hydrogen) atoms. The number of aromatic nitrogens is 3. The lowest BCUT2D eigenvalue weighted by Crippen LogP contribution is -2.19. The quantitative estimate of drug-likeness (QED) is 0.865. The number of rotatable bonds is 2. The monoisotopic (exact) mass is 375 g/mol. The van der Waals surface area contributed by atoms with Crippen LogP contribution >= 0.6 is 27.5 Å². The van der Waals surface area contributed by atoms with Crippen molar-refractivity contribution in [2.45, 2.75) is 26.2 Å². The summed E-state index contributed by atoms with van der Waals surface area (Å²) in [6, 6.07) is 2.37. The molecule has 8 heteroatoms. The number of hydrogen-bond acceptors (Lipinski definition) is 3. The number of carbonyl (C=O) groups is 1. The highest BCUT2D eigenvalue weighted by molar-refractivity contribution is 9.10. The van der Waals surface area contributed by atoms with E-state index in [-0.39, 0.29) is 10.8 Å². The van der Waals surface area contributed by atoms with Crippen LogP contribution in [0.25, 0.3) is 5.69 Å². The van der Waals surface area contributed by atoms with Crippen LogP contribution in [-0.2, 0) is 5.41 Å². The van der Waals surface area contributed by atoms with E-state index < -0.39 is 17.2 Å². The molecule has 0 saturated carbocycles. The molecule has 0 bridgehead atoms. The number of carboxylic acid groups (broad SMARTS) is 1. The van der Waals surface area contributed by atoms with Gasteiger partial charge < -0.3 is 5.11 Å². The van der Waals surface area contributed by atoms with E-state index in [4.69, 9.17) is 16.7 Å². The molecule has 0 saturated heterocycles. The molecule has 0 aliphatic carbocycles. The maximum Gasteiger partial charge on any atom is 0.375 e. The summed E-state index contributed by atoms with van der Waals surface area (Å²) in [5.74, 6) is -1.68. The number of hydrogen-bond donors (Lipinski definition) is 1. The van der Waals surface area contributed by atoms with Crippen molar-refractivity contribution < 1.29 is 14.3 Å². The summed E-state index contributed by atoms with van der Waals surface area (Å²) >= 11 is 9.30. The molecule has 0 radical (unpaired) electrons. The van der Waals surface area contributed by atoms with Crippen molar-refractivity contribution in [2.24, 2.45) is 0 Å². The van der Waals surface area contributed by atoms with Crippen LogP contribution < -0.4 is 0 Å². The fraction of sp³-hybridized carbons (Fsp3) is 0.308. The Morgan fingerprint density at radius 1 is 1.43 bits per heavy atom. The molecule has 0 fully saturated rings.